The minimum Gasteiger partial charge on any atom is -0.389 e. The number of ether oxygens (including phenoxy) is 2. The van der Waals surface area contributed by atoms with E-state index in [4.69, 9.17) is 9.47 Å². The fraction of sp³-hybridized carbons (Fsp3) is 1.00. The molecule has 4 heteroatoms. The van der Waals surface area contributed by atoms with Gasteiger partial charge in [0, 0.05) is 26.8 Å². The Bertz CT molecular complexity index is 126. The average molecular weight is 189 g/mol. The van der Waals surface area contributed by atoms with Crippen molar-refractivity contribution in [1.82, 2.24) is 5.32 Å². The Balaban J connectivity index is 1.93. The molecular formula is C9H19NO3. The van der Waals surface area contributed by atoms with E-state index in [-0.39, 0.29) is 0 Å². The minimum atomic E-state index is -0.411. The first-order valence-corrected chi connectivity index (χ1v) is 4.82. The number of hydrogen-bond acceptors (Lipinski definition) is 4. The van der Waals surface area contributed by atoms with Crippen LogP contribution in [0.4, 0.5) is 0 Å². The zero-order valence-electron chi connectivity index (χ0n) is 8.16. The van der Waals surface area contributed by atoms with Crippen LogP contribution in [0.1, 0.15) is 12.8 Å². The van der Waals surface area contributed by atoms with Crippen molar-refractivity contribution >= 4 is 0 Å². The van der Waals surface area contributed by atoms with Crippen molar-refractivity contribution in [1.29, 1.82) is 0 Å². The van der Waals surface area contributed by atoms with Crippen LogP contribution in [0.2, 0.25) is 0 Å². The van der Waals surface area contributed by atoms with E-state index in [1.165, 1.54) is 0 Å². The first kappa shape index (κ1) is 10.9. The molecule has 78 valence electrons. The first-order chi connectivity index (χ1) is 6.33. The van der Waals surface area contributed by atoms with E-state index in [0.29, 0.717) is 19.3 Å². The van der Waals surface area contributed by atoms with Crippen molar-refractivity contribution in [2.75, 3.05) is 33.4 Å². The highest BCUT2D eigenvalue weighted by Crippen LogP contribution is 2.10. The maximum Gasteiger partial charge on any atom is 0.0897 e. The van der Waals surface area contributed by atoms with Crippen molar-refractivity contribution in [2.45, 2.75) is 25.0 Å². The van der Waals surface area contributed by atoms with Gasteiger partial charge in [-0.15, -0.1) is 0 Å². The fourth-order valence-electron chi connectivity index (χ4n) is 1.47. The molecule has 0 radical (unpaired) electrons. The lowest BCUT2D eigenvalue weighted by molar-refractivity contribution is 0.0590. The van der Waals surface area contributed by atoms with Gasteiger partial charge in [-0.3, -0.25) is 0 Å². The van der Waals surface area contributed by atoms with Gasteiger partial charge in [0.1, 0.15) is 0 Å². The number of nitrogens with one attached hydrogen (secondary N) is 1. The van der Waals surface area contributed by atoms with E-state index in [1.807, 2.05) is 0 Å². The predicted molar refractivity (Wildman–Crippen MR) is 49.7 cm³/mol. The molecule has 0 saturated carbocycles. The van der Waals surface area contributed by atoms with E-state index in [2.05, 4.69) is 5.32 Å². The minimum absolute atomic E-state index is 0.342. The molecule has 1 fully saturated rings. The number of aliphatic hydroxyl groups excluding tert-OH is 1. The quantitative estimate of drug-likeness (QED) is 0.605. The number of hydrogen-bond donors (Lipinski definition) is 2. The summed E-state index contributed by atoms with van der Waals surface area (Å²) in [6, 6.07) is 0. The van der Waals surface area contributed by atoms with Crippen LogP contribution in [-0.2, 0) is 9.47 Å². The summed E-state index contributed by atoms with van der Waals surface area (Å²) < 4.78 is 10.2. The lowest BCUT2D eigenvalue weighted by Crippen LogP contribution is -2.34. The molecule has 2 N–H and O–H groups in total. The predicted octanol–water partition coefficient (Wildman–Crippen LogP) is -0.238. The maximum atomic E-state index is 9.29. The van der Waals surface area contributed by atoms with E-state index < -0.39 is 6.10 Å². The molecular weight excluding hydrogens is 170 g/mol. The summed E-state index contributed by atoms with van der Waals surface area (Å²) in [7, 11) is 1.59. The zero-order valence-corrected chi connectivity index (χ0v) is 8.16. The Morgan fingerprint density at radius 2 is 2.54 bits per heavy atom. The summed E-state index contributed by atoms with van der Waals surface area (Å²) in [4.78, 5) is 0. The molecule has 0 aromatic heterocycles. The largest absolute Gasteiger partial charge is 0.389 e. The Morgan fingerprint density at radius 3 is 3.15 bits per heavy atom. The van der Waals surface area contributed by atoms with Crippen LogP contribution in [0.25, 0.3) is 0 Å². The van der Waals surface area contributed by atoms with Crippen LogP contribution in [-0.4, -0.2) is 50.7 Å². The van der Waals surface area contributed by atoms with Gasteiger partial charge in [-0.1, -0.05) is 0 Å². The molecule has 2 unspecified atom stereocenters. The maximum absolute atomic E-state index is 9.29. The van der Waals surface area contributed by atoms with Crippen LogP contribution < -0.4 is 5.32 Å². The Hall–Kier alpha value is -0.160. The highest BCUT2D eigenvalue weighted by Gasteiger charge is 2.14. The van der Waals surface area contributed by atoms with Crippen LogP contribution >= 0.6 is 0 Å². The van der Waals surface area contributed by atoms with E-state index in [0.717, 1.165) is 26.0 Å². The van der Waals surface area contributed by atoms with E-state index in [9.17, 15) is 5.11 Å². The summed E-state index contributed by atoms with van der Waals surface area (Å²) >= 11 is 0. The summed E-state index contributed by atoms with van der Waals surface area (Å²) in [6.07, 6.45) is 2.22. The molecule has 4 nitrogen and oxygen atoms in total. The third kappa shape index (κ3) is 4.57. The van der Waals surface area contributed by atoms with Gasteiger partial charge in [0.2, 0.25) is 0 Å². The fourth-order valence-corrected chi connectivity index (χ4v) is 1.47. The smallest absolute Gasteiger partial charge is 0.0897 e. The number of methoxy groups -OCH3 is 1. The molecule has 0 aliphatic carbocycles. The van der Waals surface area contributed by atoms with Crippen molar-refractivity contribution in [2.24, 2.45) is 0 Å². The zero-order chi connectivity index (χ0) is 9.52. The molecule has 1 heterocycles. The van der Waals surface area contributed by atoms with Crippen LogP contribution in [0, 0.1) is 0 Å². The summed E-state index contributed by atoms with van der Waals surface area (Å²) in [5.41, 5.74) is 0. The first-order valence-electron chi connectivity index (χ1n) is 4.82. The van der Waals surface area contributed by atoms with E-state index >= 15 is 0 Å². The van der Waals surface area contributed by atoms with Crippen molar-refractivity contribution in [3.8, 4) is 0 Å². The van der Waals surface area contributed by atoms with Crippen LogP contribution in [0.5, 0.6) is 0 Å². The van der Waals surface area contributed by atoms with Gasteiger partial charge in [0.25, 0.3) is 0 Å². The number of rotatable bonds is 6. The Labute approximate surface area is 79.2 Å². The normalized spacial score (nSPS) is 24.9. The van der Waals surface area contributed by atoms with Crippen molar-refractivity contribution < 1.29 is 14.6 Å². The molecule has 0 bridgehead atoms. The number of aliphatic hydroxyl groups is 1. The van der Waals surface area contributed by atoms with Gasteiger partial charge < -0.3 is 19.9 Å². The van der Waals surface area contributed by atoms with E-state index in [1.54, 1.807) is 7.11 Å². The molecule has 0 aromatic rings. The van der Waals surface area contributed by atoms with Gasteiger partial charge in [-0.2, -0.15) is 0 Å². The van der Waals surface area contributed by atoms with Crippen LogP contribution in [0.15, 0.2) is 0 Å². The summed E-state index contributed by atoms with van der Waals surface area (Å²) in [6.45, 7) is 2.68. The molecule has 0 amide bonds. The van der Waals surface area contributed by atoms with Gasteiger partial charge in [0.05, 0.1) is 18.8 Å². The molecule has 1 rings (SSSR count). The standard InChI is InChI=1S/C9H19NO3/c1-12-7-8(11)5-10-6-9-3-2-4-13-9/h8-11H,2-7H2,1H3. The molecule has 1 aliphatic heterocycles. The lowest BCUT2D eigenvalue weighted by Gasteiger charge is -2.13. The second kappa shape index (κ2) is 6.32. The third-order valence-electron chi connectivity index (χ3n) is 2.14. The van der Waals surface area contributed by atoms with Crippen LogP contribution in [0.3, 0.4) is 0 Å². The van der Waals surface area contributed by atoms with Crippen molar-refractivity contribution in [3.05, 3.63) is 0 Å². The third-order valence-corrected chi connectivity index (χ3v) is 2.14. The monoisotopic (exact) mass is 189 g/mol. The summed E-state index contributed by atoms with van der Waals surface area (Å²) in [5, 5.41) is 12.5. The molecule has 13 heavy (non-hydrogen) atoms. The molecule has 1 saturated heterocycles. The van der Waals surface area contributed by atoms with Crippen molar-refractivity contribution in [3.63, 3.8) is 0 Å². The highest BCUT2D eigenvalue weighted by atomic mass is 16.5. The van der Waals surface area contributed by atoms with Gasteiger partial charge >= 0.3 is 0 Å². The summed E-state index contributed by atoms with van der Waals surface area (Å²) in [5.74, 6) is 0. The average Bonchev–Trinajstić information content (AvgIpc) is 2.57. The molecule has 0 aromatic carbocycles. The molecule has 2 atom stereocenters. The van der Waals surface area contributed by atoms with Gasteiger partial charge in [-0.25, -0.2) is 0 Å². The van der Waals surface area contributed by atoms with Gasteiger partial charge in [-0.05, 0) is 12.8 Å². The highest BCUT2D eigenvalue weighted by molar-refractivity contribution is 4.68. The van der Waals surface area contributed by atoms with Gasteiger partial charge in [0.15, 0.2) is 0 Å². The second-order valence-corrected chi connectivity index (χ2v) is 3.40. The Kier molecular flexibility index (Phi) is 5.31. The second-order valence-electron chi connectivity index (χ2n) is 3.40. The molecule has 0 spiro atoms. The Morgan fingerprint density at radius 1 is 1.69 bits per heavy atom. The lowest BCUT2D eigenvalue weighted by atomic mass is 10.2. The SMILES string of the molecule is COCC(O)CNCC1CCCO1. The molecule has 1 aliphatic rings. The topological polar surface area (TPSA) is 50.7 Å².